The van der Waals surface area contributed by atoms with E-state index in [1.165, 1.54) is 11.3 Å². The molecule has 0 saturated heterocycles. The van der Waals surface area contributed by atoms with Crippen molar-refractivity contribution in [1.29, 1.82) is 0 Å². The van der Waals surface area contributed by atoms with E-state index in [-0.39, 0.29) is 18.0 Å². The van der Waals surface area contributed by atoms with E-state index in [1.807, 2.05) is 36.6 Å². The fourth-order valence-corrected chi connectivity index (χ4v) is 4.30. The predicted molar refractivity (Wildman–Crippen MR) is 110 cm³/mol. The van der Waals surface area contributed by atoms with Crippen molar-refractivity contribution in [1.82, 2.24) is 5.32 Å². The van der Waals surface area contributed by atoms with Crippen molar-refractivity contribution in [3.8, 4) is 0 Å². The van der Waals surface area contributed by atoms with Crippen molar-refractivity contribution in [3.63, 3.8) is 0 Å². The fraction of sp³-hybridized carbons (Fsp3) is 0.105. The molecule has 0 fully saturated rings. The third-order valence-electron chi connectivity index (χ3n) is 3.90. The maximum absolute atomic E-state index is 12.5. The zero-order valence-electron chi connectivity index (χ0n) is 14.3. The van der Waals surface area contributed by atoms with Gasteiger partial charge in [-0.2, -0.15) is 0 Å². The highest BCUT2D eigenvalue weighted by Crippen LogP contribution is 2.39. The molecule has 3 aromatic rings. The van der Waals surface area contributed by atoms with Gasteiger partial charge in [0.05, 0.1) is 17.9 Å². The Kier molecular flexibility index (Phi) is 5.84. The number of amides is 1. The summed E-state index contributed by atoms with van der Waals surface area (Å²) in [5.41, 5.74) is 2.43. The summed E-state index contributed by atoms with van der Waals surface area (Å²) in [4.78, 5) is 31.2. The van der Waals surface area contributed by atoms with Crippen LogP contribution in [0.1, 0.15) is 16.7 Å². The second kappa shape index (κ2) is 7.97. The van der Waals surface area contributed by atoms with E-state index < -0.39 is 7.60 Å². The molecule has 0 aliphatic rings. The average molecular weight is 422 g/mol. The monoisotopic (exact) mass is 421 g/mol. The number of rotatable bonds is 5. The van der Waals surface area contributed by atoms with Gasteiger partial charge in [0.15, 0.2) is 0 Å². The normalized spacial score (nSPS) is 12.4. The van der Waals surface area contributed by atoms with Crippen molar-refractivity contribution in [2.24, 2.45) is 0 Å². The third-order valence-corrected chi connectivity index (χ3v) is 5.74. The standard InChI is InChI=1S/C19H17ClNO4PS/c1-12-2-4-13(5-3-12)17(10-26(23,24)25)21-19(22)8-14-11-27-18-7-6-15(20)9-16(14)18/h2-7,9-11H,8H2,1H3,(H,21,22)(H2,23,24,25). The molecule has 0 aliphatic heterocycles. The van der Waals surface area contributed by atoms with Gasteiger partial charge < -0.3 is 15.1 Å². The summed E-state index contributed by atoms with van der Waals surface area (Å²) in [6.45, 7) is 1.90. The molecule has 0 saturated carbocycles. The Hall–Kier alpha value is -1.95. The molecular weight excluding hydrogens is 405 g/mol. The van der Waals surface area contributed by atoms with Gasteiger partial charge in [-0.15, -0.1) is 11.3 Å². The molecule has 1 aromatic heterocycles. The van der Waals surface area contributed by atoms with E-state index in [0.29, 0.717) is 10.6 Å². The fourth-order valence-electron chi connectivity index (χ4n) is 2.64. The zero-order valence-corrected chi connectivity index (χ0v) is 16.8. The largest absolute Gasteiger partial charge is 0.351 e. The molecule has 0 unspecified atom stereocenters. The van der Waals surface area contributed by atoms with Crippen LogP contribution in [0.3, 0.4) is 0 Å². The van der Waals surface area contributed by atoms with Crippen LogP contribution in [0.15, 0.2) is 53.7 Å². The third kappa shape index (κ3) is 5.28. The topological polar surface area (TPSA) is 86.6 Å². The van der Waals surface area contributed by atoms with Gasteiger partial charge in [-0.25, -0.2) is 0 Å². The SMILES string of the molecule is Cc1ccc(C(=CP(=O)(O)O)NC(=O)Cc2csc3ccc(Cl)cc23)cc1. The highest BCUT2D eigenvalue weighted by molar-refractivity contribution is 7.55. The Bertz CT molecular complexity index is 1070. The second-order valence-corrected chi connectivity index (χ2v) is 8.91. The molecule has 3 N–H and O–H groups in total. The molecule has 8 heteroatoms. The smallest absolute Gasteiger partial charge is 0.325 e. The molecule has 0 radical (unpaired) electrons. The van der Waals surface area contributed by atoms with E-state index in [2.05, 4.69) is 5.32 Å². The van der Waals surface area contributed by atoms with Crippen LogP contribution in [-0.4, -0.2) is 15.7 Å². The number of benzene rings is 2. The van der Waals surface area contributed by atoms with Gasteiger partial charge in [-0.05, 0) is 47.0 Å². The first kappa shape index (κ1) is 19.8. The molecule has 5 nitrogen and oxygen atoms in total. The van der Waals surface area contributed by atoms with Crippen LogP contribution in [0, 0.1) is 6.92 Å². The molecule has 2 aromatic carbocycles. The van der Waals surface area contributed by atoms with Crippen LogP contribution in [0.25, 0.3) is 15.8 Å². The molecule has 1 heterocycles. The molecule has 0 aliphatic carbocycles. The Morgan fingerprint density at radius 3 is 2.59 bits per heavy atom. The van der Waals surface area contributed by atoms with Crippen molar-refractivity contribution < 1.29 is 19.1 Å². The van der Waals surface area contributed by atoms with Gasteiger partial charge >= 0.3 is 7.60 Å². The minimum absolute atomic E-state index is 0.0741. The molecule has 27 heavy (non-hydrogen) atoms. The zero-order chi connectivity index (χ0) is 19.6. The first-order valence-electron chi connectivity index (χ1n) is 8.02. The Labute approximate surface area is 165 Å². The number of halogens is 1. The molecular formula is C19H17ClNO4PS. The second-order valence-electron chi connectivity index (χ2n) is 6.12. The number of aryl methyl sites for hydroxylation is 1. The number of carbonyl (C=O) groups is 1. The number of nitrogens with one attached hydrogen (secondary N) is 1. The summed E-state index contributed by atoms with van der Waals surface area (Å²) in [6.07, 6.45) is 0.0741. The lowest BCUT2D eigenvalue weighted by molar-refractivity contribution is -0.119. The van der Waals surface area contributed by atoms with Crippen LogP contribution >= 0.6 is 30.5 Å². The predicted octanol–water partition coefficient (Wildman–Crippen LogP) is 4.70. The van der Waals surface area contributed by atoms with Crippen LogP contribution < -0.4 is 5.32 Å². The summed E-state index contributed by atoms with van der Waals surface area (Å²) in [7, 11) is -4.46. The quantitative estimate of drug-likeness (QED) is 0.521. The van der Waals surface area contributed by atoms with Crippen molar-refractivity contribution in [3.05, 3.63) is 75.4 Å². The number of thiophene rings is 1. The maximum Gasteiger partial charge on any atom is 0.351 e. The van der Waals surface area contributed by atoms with Crippen LogP contribution in [0.5, 0.6) is 0 Å². The van der Waals surface area contributed by atoms with E-state index in [0.717, 1.165) is 27.0 Å². The highest BCUT2D eigenvalue weighted by Gasteiger charge is 2.16. The Morgan fingerprint density at radius 2 is 1.93 bits per heavy atom. The van der Waals surface area contributed by atoms with Gasteiger partial charge in [0, 0.05) is 9.72 Å². The lowest BCUT2D eigenvalue weighted by Crippen LogP contribution is -2.23. The number of hydrogen-bond donors (Lipinski definition) is 3. The van der Waals surface area contributed by atoms with E-state index in [4.69, 9.17) is 11.6 Å². The van der Waals surface area contributed by atoms with E-state index in [1.54, 1.807) is 18.2 Å². The van der Waals surface area contributed by atoms with Gasteiger partial charge in [-0.3, -0.25) is 9.36 Å². The van der Waals surface area contributed by atoms with E-state index >= 15 is 0 Å². The minimum atomic E-state index is -4.46. The first-order chi connectivity index (χ1) is 12.7. The molecule has 0 spiro atoms. The van der Waals surface area contributed by atoms with Gasteiger partial charge in [0.2, 0.25) is 5.91 Å². The molecule has 0 atom stereocenters. The van der Waals surface area contributed by atoms with Crippen molar-refractivity contribution >= 4 is 52.2 Å². The molecule has 3 rings (SSSR count). The molecule has 140 valence electrons. The van der Waals surface area contributed by atoms with Gasteiger partial charge in [0.25, 0.3) is 0 Å². The van der Waals surface area contributed by atoms with Gasteiger partial charge in [-0.1, -0.05) is 41.4 Å². The number of fused-ring (bicyclic) bond motifs is 1. The summed E-state index contributed by atoms with van der Waals surface area (Å²) >= 11 is 7.56. The summed E-state index contributed by atoms with van der Waals surface area (Å²) in [6, 6.07) is 12.5. The Balaban J connectivity index is 1.86. The average Bonchev–Trinajstić information content (AvgIpc) is 2.96. The maximum atomic E-state index is 12.5. The lowest BCUT2D eigenvalue weighted by Gasteiger charge is -2.11. The van der Waals surface area contributed by atoms with E-state index in [9.17, 15) is 19.1 Å². The van der Waals surface area contributed by atoms with Crippen molar-refractivity contribution in [2.75, 3.05) is 0 Å². The molecule has 1 amide bonds. The summed E-state index contributed by atoms with van der Waals surface area (Å²) in [5, 5.41) is 6.00. The number of hydrogen-bond acceptors (Lipinski definition) is 3. The summed E-state index contributed by atoms with van der Waals surface area (Å²) in [5.74, 6) is 0.410. The molecule has 0 bridgehead atoms. The van der Waals surface area contributed by atoms with Crippen molar-refractivity contribution in [2.45, 2.75) is 13.3 Å². The van der Waals surface area contributed by atoms with Crippen LogP contribution in [0.2, 0.25) is 5.02 Å². The number of carbonyl (C=O) groups excluding carboxylic acids is 1. The minimum Gasteiger partial charge on any atom is -0.325 e. The summed E-state index contributed by atoms with van der Waals surface area (Å²) < 4.78 is 12.5. The van der Waals surface area contributed by atoms with Gasteiger partial charge in [0.1, 0.15) is 0 Å². The Morgan fingerprint density at radius 1 is 1.22 bits per heavy atom. The first-order valence-corrected chi connectivity index (χ1v) is 11.0. The highest BCUT2D eigenvalue weighted by atomic mass is 35.5. The lowest BCUT2D eigenvalue weighted by atomic mass is 10.1. The van der Waals surface area contributed by atoms with Crippen LogP contribution in [-0.2, 0) is 15.8 Å². The van der Waals surface area contributed by atoms with Crippen LogP contribution in [0.4, 0.5) is 0 Å².